The lowest BCUT2D eigenvalue weighted by Gasteiger charge is -2.21. The minimum absolute atomic E-state index is 0.0219. The number of rotatable bonds is 10. The zero-order valence-corrected chi connectivity index (χ0v) is 12.1. The maximum atomic E-state index is 11.6. The van der Waals surface area contributed by atoms with Crippen LogP contribution in [0.15, 0.2) is 0 Å². The number of methoxy groups -OCH3 is 1. The molecule has 5 nitrogen and oxygen atoms in total. The molecule has 108 valence electrons. The molecule has 0 aromatic heterocycles. The predicted octanol–water partition coefficient (Wildman–Crippen LogP) is 0.918. The number of nitrogens with one attached hydrogen (secondary N) is 1. The smallest absolute Gasteiger partial charge is 0.222 e. The molecule has 0 aliphatic carbocycles. The topological polar surface area (TPSA) is 73.6 Å². The Morgan fingerprint density at radius 3 is 2.50 bits per heavy atom. The van der Waals surface area contributed by atoms with E-state index in [2.05, 4.69) is 19.2 Å². The van der Waals surface area contributed by atoms with Gasteiger partial charge in [0.2, 0.25) is 5.91 Å². The van der Waals surface area contributed by atoms with Gasteiger partial charge in [-0.15, -0.1) is 0 Å². The quantitative estimate of drug-likeness (QED) is 0.612. The summed E-state index contributed by atoms with van der Waals surface area (Å²) in [6, 6.07) is 0. The Hall–Kier alpha value is -0.650. The van der Waals surface area contributed by atoms with E-state index in [0.717, 1.165) is 6.42 Å². The Morgan fingerprint density at radius 2 is 2.06 bits per heavy atom. The van der Waals surface area contributed by atoms with E-state index in [9.17, 15) is 4.79 Å². The normalized spacial score (nSPS) is 14.6. The molecule has 0 spiro atoms. The summed E-state index contributed by atoms with van der Waals surface area (Å²) in [5, 5.41) is 2.87. The van der Waals surface area contributed by atoms with Crippen LogP contribution >= 0.6 is 0 Å². The van der Waals surface area contributed by atoms with Crippen LogP contribution < -0.4 is 11.1 Å². The first kappa shape index (κ1) is 17.4. The van der Waals surface area contributed by atoms with E-state index < -0.39 is 0 Å². The summed E-state index contributed by atoms with van der Waals surface area (Å²) >= 11 is 0. The average molecular weight is 260 g/mol. The third-order valence-corrected chi connectivity index (χ3v) is 2.88. The summed E-state index contributed by atoms with van der Waals surface area (Å²) in [5.41, 5.74) is 5.46. The van der Waals surface area contributed by atoms with Crippen molar-refractivity contribution >= 4 is 5.91 Å². The van der Waals surface area contributed by atoms with Gasteiger partial charge in [0.15, 0.2) is 0 Å². The average Bonchev–Trinajstić information content (AvgIpc) is 2.34. The van der Waals surface area contributed by atoms with Crippen molar-refractivity contribution in [2.45, 2.75) is 45.8 Å². The third-order valence-electron chi connectivity index (χ3n) is 2.88. The number of hydrogen-bond acceptors (Lipinski definition) is 4. The Kier molecular flexibility index (Phi) is 9.92. The highest BCUT2D eigenvalue weighted by Crippen LogP contribution is 2.10. The van der Waals surface area contributed by atoms with Crippen molar-refractivity contribution in [3.63, 3.8) is 0 Å². The van der Waals surface area contributed by atoms with Crippen LogP contribution in [0.1, 0.15) is 33.6 Å². The van der Waals surface area contributed by atoms with Crippen molar-refractivity contribution in [3.8, 4) is 0 Å². The molecule has 3 N–H and O–H groups in total. The van der Waals surface area contributed by atoms with Crippen molar-refractivity contribution in [2.75, 3.05) is 26.8 Å². The number of hydrogen-bond donors (Lipinski definition) is 2. The van der Waals surface area contributed by atoms with Crippen molar-refractivity contribution < 1.29 is 14.3 Å². The second-order valence-electron chi connectivity index (χ2n) is 4.67. The van der Waals surface area contributed by atoms with Gasteiger partial charge in [0.1, 0.15) is 0 Å². The second-order valence-corrected chi connectivity index (χ2v) is 4.67. The molecule has 0 bridgehead atoms. The molecule has 0 fully saturated rings. The zero-order chi connectivity index (χ0) is 14.0. The Bertz CT molecular complexity index is 218. The fourth-order valence-electron chi connectivity index (χ4n) is 1.72. The molecule has 2 atom stereocenters. The summed E-state index contributed by atoms with van der Waals surface area (Å²) in [6.45, 7) is 7.92. The first-order valence-electron chi connectivity index (χ1n) is 6.66. The Labute approximate surface area is 110 Å². The zero-order valence-electron chi connectivity index (χ0n) is 12.1. The molecule has 0 aromatic carbocycles. The molecule has 0 aromatic rings. The van der Waals surface area contributed by atoms with Gasteiger partial charge >= 0.3 is 0 Å². The first-order chi connectivity index (χ1) is 8.54. The molecule has 5 heteroatoms. The van der Waals surface area contributed by atoms with Crippen molar-refractivity contribution in [1.82, 2.24) is 5.32 Å². The lowest BCUT2D eigenvalue weighted by atomic mass is 10.0. The molecule has 2 unspecified atom stereocenters. The van der Waals surface area contributed by atoms with Crippen LogP contribution in [0.5, 0.6) is 0 Å². The number of carbonyl (C=O) groups excluding carboxylic acids is 1. The largest absolute Gasteiger partial charge is 0.380 e. The van der Waals surface area contributed by atoms with Crippen LogP contribution in [0, 0.1) is 5.92 Å². The van der Waals surface area contributed by atoms with E-state index in [1.165, 1.54) is 0 Å². The van der Waals surface area contributed by atoms with Crippen LogP contribution in [-0.4, -0.2) is 44.9 Å². The van der Waals surface area contributed by atoms with Gasteiger partial charge in [0.25, 0.3) is 0 Å². The van der Waals surface area contributed by atoms with E-state index in [0.29, 0.717) is 32.0 Å². The van der Waals surface area contributed by atoms with Gasteiger partial charge in [0.05, 0.1) is 18.6 Å². The Balaban J connectivity index is 3.84. The van der Waals surface area contributed by atoms with Crippen LogP contribution in [0.3, 0.4) is 0 Å². The SMILES string of the molecule is CCOC(CCNC(=O)CC(CN)OC)C(C)C. The summed E-state index contributed by atoms with van der Waals surface area (Å²) in [6.07, 6.45) is 1.15. The third kappa shape index (κ3) is 7.63. The van der Waals surface area contributed by atoms with Gasteiger partial charge in [-0.2, -0.15) is 0 Å². The second kappa shape index (κ2) is 10.3. The number of amides is 1. The van der Waals surface area contributed by atoms with Crippen molar-refractivity contribution in [1.29, 1.82) is 0 Å². The van der Waals surface area contributed by atoms with Crippen molar-refractivity contribution in [3.05, 3.63) is 0 Å². The summed E-state index contributed by atoms with van der Waals surface area (Å²) in [7, 11) is 1.56. The summed E-state index contributed by atoms with van der Waals surface area (Å²) < 4.78 is 10.7. The van der Waals surface area contributed by atoms with Crippen LogP contribution in [0.25, 0.3) is 0 Å². The highest BCUT2D eigenvalue weighted by atomic mass is 16.5. The van der Waals surface area contributed by atoms with Gasteiger partial charge < -0.3 is 20.5 Å². The van der Waals surface area contributed by atoms with E-state index in [1.807, 2.05) is 6.92 Å². The van der Waals surface area contributed by atoms with Gasteiger partial charge in [-0.3, -0.25) is 4.79 Å². The lowest BCUT2D eigenvalue weighted by molar-refractivity contribution is -0.123. The van der Waals surface area contributed by atoms with E-state index >= 15 is 0 Å². The van der Waals surface area contributed by atoms with Crippen LogP contribution in [-0.2, 0) is 14.3 Å². The maximum absolute atomic E-state index is 11.6. The van der Waals surface area contributed by atoms with E-state index in [4.69, 9.17) is 15.2 Å². The first-order valence-corrected chi connectivity index (χ1v) is 6.66. The van der Waals surface area contributed by atoms with Crippen molar-refractivity contribution in [2.24, 2.45) is 11.7 Å². The highest BCUT2D eigenvalue weighted by molar-refractivity contribution is 5.76. The Morgan fingerprint density at radius 1 is 1.39 bits per heavy atom. The van der Waals surface area contributed by atoms with Crippen LogP contribution in [0.4, 0.5) is 0 Å². The molecule has 0 aliphatic heterocycles. The fraction of sp³-hybridized carbons (Fsp3) is 0.923. The van der Waals surface area contributed by atoms with Gasteiger partial charge in [0, 0.05) is 26.8 Å². The molecule has 0 saturated heterocycles. The standard InChI is InChI=1S/C13H28N2O3/c1-5-18-12(10(2)3)6-7-15-13(16)8-11(9-14)17-4/h10-12H,5-9,14H2,1-4H3,(H,15,16). The number of ether oxygens (including phenoxy) is 2. The monoisotopic (exact) mass is 260 g/mol. The molecule has 18 heavy (non-hydrogen) atoms. The molecule has 0 radical (unpaired) electrons. The molecule has 0 heterocycles. The van der Waals surface area contributed by atoms with Gasteiger partial charge in [-0.1, -0.05) is 13.8 Å². The fourth-order valence-corrected chi connectivity index (χ4v) is 1.72. The summed E-state index contributed by atoms with van der Waals surface area (Å²) in [5.74, 6) is 0.434. The molecular weight excluding hydrogens is 232 g/mol. The highest BCUT2D eigenvalue weighted by Gasteiger charge is 2.14. The number of nitrogens with two attached hydrogens (primary N) is 1. The predicted molar refractivity (Wildman–Crippen MR) is 72.3 cm³/mol. The minimum atomic E-state index is -0.196. The molecular formula is C13H28N2O3. The summed E-state index contributed by atoms with van der Waals surface area (Å²) in [4.78, 5) is 11.6. The molecule has 0 saturated carbocycles. The van der Waals surface area contributed by atoms with E-state index in [-0.39, 0.29) is 18.1 Å². The van der Waals surface area contributed by atoms with Gasteiger partial charge in [-0.05, 0) is 19.3 Å². The number of carbonyl (C=O) groups is 1. The molecule has 1 amide bonds. The molecule has 0 aliphatic rings. The lowest BCUT2D eigenvalue weighted by Crippen LogP contribution is -2.34. The minimum Gasteiger partial charge on any atom is -0.380 e. The maximum Gasteiger partial charge on any atom is 0.222 e. The van der Waals surface area contributed by atoms with E-state index in [1.54, 1.807) is 7.11 Å². The molecule has 0 rings (SSSR count). The van der Waals surface area contributed by atoms with Gasteiger partial charge in [-0.25, -0.2) is 0 Å². The van der Waals surface area contributed by atoms with Crippen LogP contribution in [0.2, 0.25) is 0 Å².